The molecule has 0 amide bonds. The number of benzene rings is 5. The summed E-state index contributed by atoms with van der Waals surface area (Å²) in [4.78, 5) is 32.6. The van der Waals surface area contributed by atoms with Crippen LogP contribution in [0.5, 0.6) is 0 Å². The first kappa shape index (κ1) is 26.6. The number of amidine groups is 2. The van der Waals surface area contributed by atoms with Crippen molar-refractivity contribution in [1.82, 2.24) is 0 Å². The van der Waals surface area contributed by atoms with Gasteiger partial charge < -0.3 is 0 Å². The fourth-order valence-corrected chi connectivity index (χ4v) is 6.55. The van der Waals surface area contributed by atoms with Gasteiger partial charge in [-0.3, -0.25) is 19.4 Å². The zero-order valence-electron chi connectivity index (χ0n) is 24.4. The highest BCUT2D eigenvalue weighted by molar-refractivity contribution is 6.53. The van der Waals surface area contributed by atoms with Crippen LogP contribution in [-0.4, -0.2) is 35.1 Å². The number of fused-ring (bicyclic) bond motifs is 6. The highest BCUT2D eigenvalue weighted by atomic mass is 16.1. The lowest BCUT2D eigenvalue weighted by molar-refractivity contribution is 0.105. The molecule has 8 rings (SSSR count). The Balaban J connectivity index is 1.39. The minimum absolute atomic E-state index is 0.198. The SMILES string of the molecule is C[C@]12[C@@H]3N(c4ccccc4)N=C(C(=O)c4ccccc4)N3c3ccccc3N1C(C(=O)c1ccccc1)=NN2c1ccccc1. The minimum atomic E-state index is -1.05. The van der Waals surface area contributed by atoms with Gasteiger partial charge in [0.1, 0.15) is 0 Å². The summed E-state index contributed by atoms with van der Waals surface area (Å²) >= 11 is 0. The number of nitrogens with zero attached hydrogens (tertiary/aromatic N) is 6. The van der Waals surface area contributed by atoms with Gasteiger partial charge in [-0.15, -0.1) is 10.2 Å². The molecule has 0 spiro atoms. The molecule has 0 radical (unpaired) electrons. The van der Waals surface area contributed by atoms with E-state index in [9.17, 15) is 9.59 Å². The summed E-state index contributed by atoms with van der Waals surface area (Å²) in [7, 11) is 0. The molecule has 0 N–H and O–H groups in total. The van der Waals surface area contributed by atoms with Crippen LogP contribution in [0.25, 0.3) is 0 Å². The van der Waals surface area contributed by atoms with Crippen LogP contribution >= 0.6 is 0 Å². The Kier molecular flexibility index (Phi) is 6.09. The number of Topliss-reactive ketones (excluding diaryl/α,β-unsaturated/α-hetero) is 2. The van der Waals surface area contributed by atoms with Crippen LogP contribution in [0.2, 0.25) is 0 Å². The summed E-state index contributed by atoms with van der Waals surface area (Å²) in [6.07, 6.45) is -0.609. The van der Waals surface area contributed by atoms with Crippen molar-refractivity contribution < 1.29 is 9.59 Å². The topological polar surface area (TPSA) is 71.8 Å². The average molecular weight is 589 g/mol. The number of carbonyl (C=O) groups is 2. The molecule has 0 aromatic heterocycles. The Morgan fingerprint density at radius 2 is 1.02 bits per heavy atom. The lowest BCUT2D eigenvalue weighted by atomic mass is 9.94. The van der Waals surface area contributed by atoms with Crippen LogP contribution in [-0.2, 0) is 0 Å². The largest absolute Gasteiger partial charge is 0.293 e. The molecule has 0 saturated heterocycles. The monoisotopic (exact) mass is 588 g/mol. The third kappa shape index (κ3) is 3.99. The lowest BCUT2D eigenvalue weighted by Gasteiger charge is -2.54. The van der Waals surface area contributed by atoms with Gasteiger partial charge in [0.15, 0.2) is 11.8 Å². The van der Waals surface area contributed by atoms with Crippen LogP contribution in [0, 0.1) is 0 Å². The number of hydrogen-bond donors (Lipinski definition) is 0. The second-order valence-corrected chi connectivity index (χ2v) is 11.2. The summed E-state index contributed by atoms with van der Waals surface area (Å²) < 4.78 is 0. The van der Waals surface area contributed by atoms with Crippen molar-refractivity contribution >= 4 is 46.0 Å². The molecule has 2 atom stereocenters. The normalized spacial score (nSPS) is 19.8. The molecule has 8 heteroatoms. The maximum atomic E-state index is 14.3. The van der Waals surface area contributed by atoms with Crippen LogP contribution in [0.15, 0.2) is 156 Å². The van der Waals surface area contributed by atoms with Gasteiger partial charge in [-0.1, -0.05) is 109 Å². The molecule has 3 heterocycles. The summed E-state index contributed by atoms with van der Waals surface area (Å²) in [5, 5.41) is 14.0. The van der Waals surface area contributed by atoms with Gasteiger partial charge >= 0.3 is 0 Å². The fraction of sp³-hybridized carbons (Fsp3) is 0.0811. The van der Waals surface area contributed by atoms with Crippen LogP contribution in [0.1, 0.15) is 27.6 Å². The molecule has 0 bridgehead atoms. The van der Waals surface area contributed by atoms with Crippen LogP contribution < -0.4 is 19.8 Å². The van der Waals surface area contributed by atoms with Gasteiger partial charge in [0.25, 0.3) is 0 Å². The van der Waals surface area contributed by atoms with E-state index in [1.165, 1.54) is 0 Å². The van der Waals surface area contributed by atoms with E-state index in [0.717, 1.165) is 22.7 Å². The number of anilines is 4. The molecule has 45 heavy (non-hydrogen) atoms. The minimum Gasteiger partial charge on any atom is -0.293 e. The van der Waals surface area contributed by atoms with Crippen LogP contribution in [0.3, 0.4) is 0 Å². The van der Waals surface area contributed by atoms with E-state index in [1.54, 1.807) is 24.3 Å². The molecule has 5 aromatic rings. The smallest absolute Gasteiger partial charge is 0.230 e. The molecule has 0 fully saturated rings. The first-order valence-electron chi connectivity index (χ1n) is 14.8. The molecule has 218 valence electrons. The van der Waals surface area contributed by atoms with E-state index in [2.05, 4.69) is 6.92 Å². The maximum Gasteiger partial charge on any atom is 0.230 e. The van der Waals surface area contributed by atoms with E-state index in [4.69, 9.17) is 10.2 Å². The van der Waals surface area contributed by atoms with Crippen molar-refractivity contribution in [3.05, 3.63) is 157 Å². The summed E-state index contributed by atoms with van der Waals surface area (Å²) in [6.45, 7) is 2.06. The van der Waals surface area contributed by atoms with Crippen molar-refractivity contribution in [3.8, 4) is 0 Å². The predicted molar refractivity (Wildman–Crippen MR) is 178 cm³/mol. The molecule has 8 nitrogen and oxygen atoms in total. The van der Waals surface area contributed by atoms with Crippen molar-refractivity contribution in [2.75, 3.05) is 19.8 Å². The molecular formula is C37H28N6O2. The predicted octanol–water partition coefficient (Wildman–Crippen LogP) is 6.79. The Morgan fingerprint density at radius 1 is 0.556 bits per heavy atom. The molecule has 0 saturated carbocycles. The van der Waals surface area contributed by atoms with E-state index < -0.39 is 11.8 Å². The van der Waals surface area contributed by atoms with Crippen LogP contribution in [0.4, 0.5) is 22.7 Å². The van der Waals surface area contributed by atoms with Gasteiger partial charge in [0.05, 0.1) is 22.7 Å². The number of carbonyl (C=O) groups excluding carboxylic acids is 2. The van der Waals surface area contributed by atoms with E-state index in [-0.39, 0.29) is 17.4 Å². The van der Waals surface area contributed by atoms with Crippen molar-refractivity contribution in [2.45, 2.75) is 18.8 Å². The summed E-state index contributed by atoms with van der Waals surface area (Å²) in [5.41, 5.74) is 3.14. The second kappa shape index (κ2) is 10.3. The molecule has 3 aliphatic heterocycles. The Bertz CT molecular complexity index is 1980. The number of hydrazone groups is 2. The van der Waals surface area contributed by atoms with Gasteiger partial charge in [-0.2, -0.15) is 0 Å². The zero-order chi connectivity index (χ0) is 30.5. The maximum absolute atomic E-state index is 14.3. The van der Waals surface area contributed by atoms with Gasteiger partial charge in [0, 0.05) is 11.1 Å². The summed E-state index contributed by atoms with van der Waals surface area (Å²) in [5.74, 6) is 0.181. The van der Waals surface area contributed by atoms with Crippen molar-refractivity contribution in [3.63, 3.8) is 0 Å². The molecule has 0 aliphatic carbocycles. The standard InChI is InChI=1S/C37H28N6O2/c1-37-36-40(34(32(44)26-16-6-2-7-17-26)38-42(36)28-20-10-4-11-21-28)30-24-14-15-25-31(30)41(37)35(33(45)27-18-8-3-9-19-27)39-43(37)29-22-12-5-13-23-29/h2-25,36H,1H3/t36-,37-/m0/s1. The molecule has 0 unspecified atom stereocenters. The Morgan fingerprint density at radius 3 is 1.60 bits per heavy atom. The van der Waals surface area contributed by atoms with Gasteiger partial charge in [0.2, 0.25) is 23.2 Å². The van der Waals surface area contributed by atoms with E-state index in [0.29, 0.717) is 17.0 Å². The van der Waals surface area contributed by atoms with Gasteiger partial charge in [-0.25, -0.2) is 10.0 Å². The fourth-order valence-electron chi connectivity index (χ4n) is 6.55. The van der Waals surface area contributed by atoms with Crippen molar-refractivity contribution in [2.24, 2.45) is 10.2 Å². The number of para-hydroxylation sites is 4. The first-order valence-corrected chi connectivity index (χ1v) is 14.8. The van der Waals surface area contributed by atoms with Gasteiger partial charge in [-0.05, 0) is 43.3 Å². The van der Waals surface area contributed by atoms with E-state index in [1.807, 2.05) is 141 Å². The quantitative estimate of drug-likeness (QED) is 0.204. The second-order valence-electron chi connectivity index (χ2n) is 11.2. The van der Waals surface area contributed by atoms with Crippen molar-refractivity contribution in [1.29, 1.82) is 0 Å². The Labute approximate surface area is 260 Å². The number of rotatable bonds is 6. The lowest BCUT2D eigenvalue weighted by Crippen LogP contribution is -2.72. The molecular weight excluding hydrogens is 560 g/mol. The van der Waals surface area contributed by atoms with E-state index >= 15 is 0 Å². The average Bonchev–Trinajstić information content (AvgIpc) is 3.67. The third-order valence-electron chi connectivity index (χ3n) is 8.57. The highest BCUT2D eigenvalue weighted by Crippen LogP contribution is 2.52. The highest BCUT2D eigenvalue weighted by Gasteiger charge is 2.64. The number of ketones is 2. The number of hydrogen-bond acceptors (Lipinski definition) is 8. The summed E-state index contributed by atoms with van der Waals surface area (Å²) in [6, 6.07) is 45.9. The third-order valence-corrected chi connectivity index (χ3v) is 8.57. The Hall–Kier alpha value is -6.02. The molecule has 3 aliphatic rings. The zero-order valence-corrected chi connectivity index (χ0v) is 24.4. The first-order chi connectivity index (χ1) is 22.1. The molecule has 5 aromatic carbocycles.